The van der Waals surface area contributed by atoms with Gasteiger partial charge in [-0.2, -0.15) is 0 Å². The van der Waals surface area contributed by atoms with Gasteiger partial charge in [-0.15, -0.1) is 0 Å². The maximum atomic E-state index is 14.2. The molecule has 10 heteroatoms. The summed E-state index contributed by atoms with van der Waals surface area (Å²) in [6, 6.07) is 29.0. The molecule has 1 amide bonds. The van der Waals surface area contributed by atoms with Crippen molar-refractivity contribution in [2.45, 2.75) is 33.4 Å². The third-order valence-corrected chi connectivity index (χ3v) is 8.87. The first-order valence-corrected chi connectivity index (χ1v) is 16.8. The number of carbonyl (C=O) groups excluding carboxylic acids is 1. The van der Waals surface area contributed by atoms with Crippen LogP contribution in [0.25, 0.3) is 6.08 Å². The van der Waals surface area contributed by atoms with Crippen molar-refractivity contribution in [3.05, 3.63) is 150 Å². The van der Waals surface area contributed by atoms with E-state index in [-0.39, 0.29) is 11.5 Å². The fraction of sp³-hybridized carbons (Fsp3) is 0.184. The number of benzene rings is 4. The Balaban J connectivity index is 1.39. The summed E-state index contributed by atoms with van der Waals surface area (Å²) in [5.74, 6) is 1.51. The molecular formula is C38H34ClN3O5S. The number of anilines is 1. The van der Waals surface area contributed by atoms with Crippen molar-refractivity contribution in [2.75, 3.05) is 18.5 Å². The molecular weight excluding hydrogens is 646 g/mol. The molecule has 0 fully saturated rings. The summed E-state index contributed by atoms with van der Waals surface area (Å²) in [7, 11) is 0. The van der Waals surface area contributed by atoms with E-state index in [1.807, 2.05) is 117 Å². The first kappa shape index (κ1) is 32.8. The van der Waals surface area contributed by atoms with E-state index in [2.05, 4.69) is 5.32 Å². The first-order chi connectivity index (χ1) is 23.3. The van der Waals surface area contributed by atoms with E-state index in [9.17, 15) is 9.59 Å². The van der Waals surface area contributed by atoms with Gasteiger partial charge in [-0.05, 0) is 92.1 Å². The lowest BCUT2D eigenvalue weighted by Gasteiger charge is -2.25. The third kappa shape index (κ3) is 7.22. The zero-order valence-electron chi connectivity index (χ0n) is 26.7. The smallest absolute Gasteiger partial charge is 0.271 e. The Kier molecular flexibility index (Phi) is 10.1. The first-order valence-electron chi connectivity index (χ1n) is 15.6. The highest BCUT2D eigenvalue weighted by Gasteiger charge is 2.32. The van der Waals surface area contributed by atoms with Gasteiger partial charge in [0.1, 0.15) is 12.4 Å². The molecule has 1 aromatic heterocycles. The number of thiazole rings is 1. The molecule has 0 saturated heterocycles. The lowest BCUT2D eigenvalue weighted by molar-refractivity contribution is -0.113. The van der Waals surface area contributed by atoms with Crippen molar-refractivity contribution >= 4 is 40.6 Å². The van der Waals surface area contributed by atoms with E-state index in [1.165, 1.54) is 11.3 Å². The summed E-state index contributed by atoms with van der Waals surface area (Å²) in [4.78, 5) is 33.3. The SMILES string of the molecule is CCOc1ccc([C@@H]2C(C(=O)Nc3ccccc3)=C(C)N=c3s/c(=C\c4ccc(OCc5cccc(Cl)c5)c(OCC)c4)c(=O)n32)cc1. The van der Waals surface area contributed by atoms with Crippen LogP contribution in [-0.4, -0.2) is 23.7 Å². The van der Waals surface area contributed by atoms with E-state index in [0.717, 1.165) is 16.7 Å². The Morgan fingerprint density at radius 3 is 2.42 bits per heavy atom. The van der Waals surface area contributed by atoms with E-state index in [4.69, 9.17) is 30.8 Å². The Hall–Kier alpha value is -5.12. The zero-order valence-corrected chi connectivity index (χ0v) is 28.3. The van der Waals surface area contributed by atoms with Gasteiger partial charge in [0.15, 0.2) is 16.3 Å². The number of nitrogens with zero attached hydrogens (tertiary/aromatic N) is 2. The van der Waals surface area contributed by atoms with Gasteiger partial charge >= 0.3 is 0 Å². The van der Waals surface area contributed by atoms with Crippen LogP contribution in [0.15, 0.2) is 118 Å². The van der Waals surface area contributed by atoms with Gasteiger partial charge < -0.3 is 19.5 Å². The van der Waals surface area contributed by atoms with Gasteiger partial charge in [-0.1, -0.05) is 71.5 Å². The lowest BCUT2D eigenvalue weighted by Crippen LogP contribution is -2.40. The minimum atomic E-state index is -0.705. The van der Waals surface area contributed by atoms with E-state index in [0.29, 0.717) is 68.4 Å². The Morgan fingerprint density at radius 1 is 0.917 bits per heavy atom. The molecule has 0 unspecified atom stereocenters. The molecule has 0 bridgehead atoms. The number of allylic oxidation sites excluding steroid dienone is 1. The predicted molar refractivity (Wildman–Crippen MR) is 190 cm³/mol. The molecule has 5 aromatic rings. The molecule has 1 N–H and O–H groups in total. The maximum absolute atomic E-state index is 14.2. The van der Waals surface area contributed by atoms with Crippen LogP contribution in [0.5, 0.6) is 17.2 Å². The van der Waals surface area contributed by atoms with Crippen LogP contribution in [0.2, 0.25) is 5.02 Å². The normalized spacial score (nSPS) is 14.2. The van der Waals surface area contributed by atoms with Crippen LogP contribution >= 0.6 is 22.9 Å². The van der Waals surface area contributed by atoms with Crippen molar-refractivity contribution in [1.29, 1.82) is 0 Å². The Labute approximate surface area is 287 Å². The van der Waals surface area contributed by atoms with Crippen molar-refractivity contribution in [2.24, 2.45) is 4.99 Å². The number of hydrogen-bond acceptors (Lipinski definition) is 7. The highest BCUT2D eigenvalue weighted by molar-refractivity contribution is 7.07. The van der Waals surface area contributed by atoms with Crippen LogP contribution in [0.4, 0.5) is 5.69 Å². The number of hydrogen-bond donors (Lipinski definition) is 1. The molecule has 1 atom stereocenters. The van der Waals surface area contributed by atoms with Crippen molar-refractivity contribution in [1.82, 2.24) is 4.57 Å². The lowest BCUT2D eigenvalue weighted by atomic mass is 9.95. The molecule has 0 saturated carbocycles. The summed E-state index contributed by atoms with van der Waals surface area (Å²) >= 11 is 7.41. The highest BCUT2D eigenvalue weighted by atomic mass is 35.5. The molecule has 0 radical (unpaired) electrons. The minimum absolute atomic E-state index is 0.255. The van der Waals surface area contributed by atoms with Gasteiger partial charge in [0.2, 0.25) is 0 Å². The molecule has 8 nitrogen and oxygen atoms in total. The number of para-hydroxylation sites is 1. The number of fused-ring (bicyclic) bond motifs is 1. The quantitative estimate of drug-likeness (QED) is 0.164. The molecule has 0 spiro atoms. The summed E-state index contributed by atoms with van der Waals surface area (Å²) in [6.45, 7) is 6.91. The van der Waals surface area contributed by atoms with E-state index < -0.39 is 6.04 Å². The number of ether oxygens (including phenoxy) is 3. The van der Waals surface area contributed by atoms with Crippen molar-refractivity contribution < 1.29 is 19.0 Å². The molecule has 0 aliphatic carbocycles. The molecule has 48 heavy (non-hydrogen) atoms. The van der Waals surface area contributed by atoms with Crippen LogP contribution in [-0.2, 0) is 11.4 Å². The second-order valence-electron chi connectivity index (χ2n) is 11.0. The van der Waals surface area contributed by atoms with Gasteiger partial charge in [0, 0.05) is 10.7 Å². The Bertz CT molecular complexity index is 2160. The molecule has 2 heterocycles. The van der Waals surface area contributed by atoms with Gasteiger partial charge in [0.25, 0.3) is 11.5 Å². The number of carbonyl (C=O) groups is 1. The fourth-order valence-corrected chi connectivity index (χ4v) is 6.76. The highest BCUT2D eigenvalue weighted by Crippen LogP contribution is 2.32. The van der Waals surface area contributed by atoms with Gasteiger partial charge in [-0.25, -0.2) is 4.99 Å². The monoisotopic (exact) mass is 679 g/mol. The number of aromatic nitrogens is 1. The molecule has 1 aliphatic rings. The Morgan fingerprint density at radius 2 is 1.69 bits per heavy atom. The van der Waals surface area contributed by atoms with Crippen LogP contribution in [0.3, 0.4) is 0 Å². The number of halogens is 1. The van der Waals surface area contributed by atoms with Crippen LogP contribution in [0, 0.1) is 0 Å². The molecule has 1 aliphatic heterocycles. The average molecular weight is 680 g/mol. The number of nitrogens with one attached hydrogen (secondary N) is 1. The zero-order chi connectivity index (χ0) is 33.6. The third-order valence-electron chi connectivity index (χ3n) is 7.65. The summed E-state index contributed by atoms with van der Waals surface area (Å²) in [5.41, 5.74) is 3.78. The second-order valence-corrected chi connectivity index (χ2v) is 12.4. The van der Waals surface area contributed by atoms with Crippen LogP contribution in [0.1, 0.15) is 43.5 Å². The number of rotatable bonds is 11. The molecule has 4 aromatic carbocycles. The van der Waals surface area contributed by atoms with Crippen molar-refractivity contribution in [3.63, 3.8) is 0 Å². The summed E-state index contributed by atoms with van der Waals surface area (Å²) in [5, 5.41) is 3.62. The number of amides is 1. The standard InChI is InChI=1S/C38H34ClN3O5S/c1-4-45-30-17-15-27(16-18-30)35-34(36(43)41-29-12-7-6-8-13-29)24(3)40-38-42(35)37(44)33(48-38)22-25-14-19-31(32(21-25)46-5-2)47-23-26-10-9-11-28(39)20-26/h6-22,35H,4-5,23H2,1-3H3,(H,41,43)/b33-22-/t35-/m1/s1. The van der Waals surface area contributed by atoms with Crippen molar-refractivity contribution in [3.8, 4) is 17.2 Å². The van der Waals surface area contributed by atoms with Gasteiger partial charge in [-0.3, -0.25) is 14.2 Å². The fourth-order valence-electron chi connectivity index (χ4n) is 5.50. The summed E-state index contributed by atoms with van der Waals surface area (Å²) in [6.07, 6.45) is 1.81. The van der Waals surface area contributed by atoms with Crippen LogP contribution < -0.4 is 34.4 Å². The topological polar surface area (TPSA) is 91.2 Å². The van der Waals surface area contributed by atoms with Gasteiger partial charge in [0.05, 0.1) is 35.1 Å². The molecule has 6 rings (SSSR count). The van der Waals surface area contributed by atoms with E-state index in [1.54, 1.807) is 11.5 Å². The second kappa shape index (κ2) is 14.8. The predicted octanol–water partition coefficient (Wildman–Crippen LogP) is 6.90. The summed E-state index contributed by atoms with van der Waals surface area (Å²) < 4.78 is 19.7. The van der Waals surface area contributed by atoms with E-state index >= 15 is 0 Å². The minimum Gasteiger partial charge on any atom is -0.494 e. The molecule has 244 valence electrons. The largest absolute Gasteiger partial charge is 0.494 e. The average Bonchev–Trinajstić information content (AvgIpc) is 3.38. The maximum Gasteiger partial charge on any atom is 0.271 e.